The van der Waals surface area contributed by atoms with Crippen LogP contribution in [-0.4, -0.2) is 36.2 Å². The molecule has 0 aromatic carbocycles. The maximum absolute atomic E-state index is 11.7. The first-order valence-electron chi connectivity index (χ1n) is 5.33. The average molecular weight is 271 g/mol. The summed E-state index contributed by atoms with van der Waals surface area (Å²) in [6.45, 7) is 1.29. The van der Waals surface area contributed by atoms with Crippen molar-refractivity contribution in [1.82, 2.24) is 20.8 Å². The topological polar surface area (TPSA) is 83.0 Å². The summed E-state index contributed by atoms with van der Waals surface area (Å²) in [5.74, 6) is 0.459. The van der Waals surface area contributed by atoms with Crippen LogP contribution in [0.25, 0.3) is 11.5 Å². The van der Waals surface area contributed by atoms with Gasteiger partial charge >= 0.3 is 0 Å². The lowest BCUT2D eigenvalue weighted by molar-refractivity contribution is 0.0949. The maximum atomic E-state index is 11.7. The van der Waals surface area contributed by atoms with Crippen molar-refractivity contribution in [2.75, 3.05) is 20.1 Å². The minimum absolute atomic E-state index is 0. The van der Waals surface area contributed by atoms with Gasteiger partial charge < -0.3 is 15.1 Å². The van der Waals surface area contributed by atoms with Gasteiger partial charge in [0.1, 0.15) is 5.69 Å². The highest BCUT2D eigenvalue weighted by atomic mass is 35.5. The maximum Gasteiger partial charge on any atom is 0.271 e. The van der Waals surface area contributed by atoms with Gasteiger partial charge in [0.25, 0.3) is 5.91 Å². The quantitative estimate of drug-likeness (QED) is 0.709. The van der Waals surface area contributed by atoms with Crippen molar-refractivity contribution in [3.05, 3.63) is 30.2 Å². The Morgan fingerprint density at radius 1 is 1.50 bits per heavy atom. The second kappa shape index (κ2) is 6.83. The second-order valence-electron chi connectivity index (χ2n) is 3.50. The van der Waals surface area contributed by atoms with Gasteiger partial charge in [0.05, 0.1) is 6.26 Å². The Morgan fingerprint density at radius 3 is 3.00 bits per heavy atom. The molecule has 0 aliphatic carbocycles. The van der Waals surface area contributed by atoms with Gasteiger partial charge in [-0.2, -0.15) is 5.10 Å². The number of nitrogens with zero attached hydrogens (tertiary/aromatic N) is 1. The lowest BCUT2D eigenvalue weighted by Crippen LogP contribution is -2.30. The Kier molecular flexibility index (Phi) is 5.41. The minimum Gasteiger partial charge on any atom is -0.463 e. The van der Waals surface area contributed by atoms with Gasteiger partial charge in [-0.1, -0.05) is 0 Å². The normalized spacial score (nSPS) is 9.83. The van der Waals surface area contributed by atoms with Crippen LogP contribution in [0.3, 0.4) is 0 Å². The molecule has 0 saturated heterocycles. The van der Waals surface area contributed by atoms with E-state index in [1.54, 1.807) is 24.5 Å². The number of carbonyl (C=O) groups is 1. The van der Waals surface area contributed by atoms with Gasteiger partial charge in [0.15, 0.2) is 11.5 Å². The smallest absolute Gasteiger partial charge is 0.271 e. The SMILES string of the molecule is CNCCNC(=O)c1cc(-c2ccco2)[nH]n1.Cl. The number of rotatable bonds is 5. The number of carbonyl (C=O) groups excluding carboxylic acids is 1. The monoisotopic (exact) mass is 270 g/mol. The molecule has 18 heavy (non-hydrogen) atoms. The van der Waals surface area contributed by atoms with E-state index in [0.717, 1.165) is 6.54 Å². The third-order valence-electron chi connectivity index (χ3n) is 2.26. The van der Waals surface area contributed by atoms with Crippen LogP contribution in [0.2, 0.25) is 0 Å². The molecule has 6 nitrogen and oxygen atoms in total. The average Bonchev–Trinajstić information content (AvgIpc) is 3.00. The molecular weight excluding hydrogens is 256 g/mol. The van der Waals surface area contributed by atoms with E-state index in [9.17, 15) is 4.79 Å². The van der Waals surface area contributed by atoms with Crippen LogP contribution in [-0.2, 0) is 0 Å². The van der Waals surface area contributed by atoms with E-state index < -0.39 is 0 Å². The molecule has 2 aromatic heterocycles. The molecular formula is C11H15ClN4O2. The number of amides is 1. The van der Waals surface area contributed by atoms with Gasteiger partial charge in [-0.25, -0.2) is 0 Å². The number of hydrogen-bond donors (Lipinski definition) is 3. The van der Waals surface area contributed by atoms with Crippen molar-refractivity contribution in [2.24, 2.45) is 0 Å². The predicted molar refractivity (Wildman–Crippen MR) is 69.8 cm³/mol. The van der Waals surface area contributed by atoms with Crippen LogP contribution in [0.4, 0.5) is 0 Å². The Morgan fingerprint density at radius 2 is 2.33 bits per heavy atom. The zero-order valence-corrected chi connectivity index (χ0v) is 10.7. The first kappa shape index (κ1) is 14.3. The van der Waals surface area contributed by atoms with Crippen LogP contribution in [0.5, 0.6) is 0 Å². The summed E-state index contributed by atoms with van der Waals surface area (Å²) in [6, 6.07) is 5.24. The molecule has 2 aromatic rings. The van der Waals surface area contributed by atoms with Crippen molar-refractivity contribution < 1.29 is 9.21 Å². The number of halogens is 1. The van der Waals surface area contributed by atoms with Crippen LogP contribution >= 0.6 is 12.4 Å². The first-order valence-corrected chi connectivity index (χ1v) is 5.33. The van der Waals surface area contributed by atoms with E-state index in [4.69, 9.17) is 4.42 Å². The van der Waals surface area contributed by atoms with Gasteiger partial charge in [0, 0.05) is 19.2 Å². The van der Waals surface area contributed by atoms with Crippen molar-refractivity contribution >= 4 is 18.3 Å². The summed E-state index contributed by atoms with van der Waals surface area (Å²) >= 11 is 0. The van der Waals surface area contributed by atoms with Crippen LogP contribution < -0.4 is 10.6 Å². The van der Waals surface area contributed by atoms with Gasteiger partial charge in [-0.15, -0.1) is 12.4 Å². The Labute approximate surface area is 111 Å². The zero-order valence-electron chi connectivity index (χ0n) is 9.90. The van der Waals surface area contributed by atoms with Gasteiger partial charge in [-0.3, -0.25) is 9.89 Å². The summed E-state index contributed by atoms with van der Waals surface area (Å²) in [5, 5.41) is 12.4. The third-order valence-corrected chi connectivity index (χ3v) is 2.26. The third kappa shape index (κ3) is 3.35. The largest absolute Gasteiger partial charge is 0.463 e. The molecule has 0 fully saturated rings. The van der Waals surface area contributed by atoms with E-state index in [-0.39, 0.29) is 18.3 Å². The number of aromatic amines is 1. The number of nitrogens with one attached hydrogen (secondary N) is 3. The van der Waals surface area contributed by atoms with Crippen LogP contribution in [0.1, 0.15) is 10.5 Å². The van der Waals surface area contributed by atoms with Crippen LogP contribution in [0.15, 0.2) is 28.9 Å². The number of hydrogen-bond acceptors (Lipinski definition) is 4. The van der Waals surface area contributed by atoms with E-state index >= 15 is 0 Å². The molecule has 0 aliphatic rings. The molecule has 0 saturated carbocycles. The zero-order chi connectivity index (χ0) is 12.1. The molecule has 1 amide bonds. The van der Waals surface area contributed by atoms with E-state index in [2.05, 4.69) is 20.8 Å². The molecule has 2 rings (SSSR count). The summed E-state index contributed by atoms with van der Waals surface area (Å²) in [5.41, 5.74) is 1.04. The number of likely N-dealkylation sites (N-methyl/N-ethyl adjacent to an activating group) is 1. The molecule has 7 heteroatoms. The summed E-state index contributed by atoms with van der Waals surface area (Å²) < 4.78 is 5.20. The standard InChI is InChI=1S/C11H14N4O2.ClH/c1-12-4-5-13-11(16)9-7-8(14-15-9)10-3-2-6-17-10;/h2-3,6-7,12H,4-5H2,1H3,(H,13,16)(H,14,15);1H. The number of aromatic nitrogens is 2. The lowest BCUT2D eigenvalue weighted by Gasteiger charge is -2.00. The van der Waals surface area contributed by atoms with Crippen LogP contribution in [0, 0.1) is 0 Å². The molecule has 0 bridgehead atoms. The fourth-order valence-electron chi connectivity index (χ4n) is 1.39. The van der Waals surface area contributed by atoms with Crippen molar-refractivity contribution in [3.63, 3.8) is 0 Å². The first-order chi connectivity index (χ1) is 8.31. The summed E-state index contributed by atoms with van der Waals surface area (Å²) in [6.07, 6.45) is 1.57. The molecule has 0 atom stereocenters. The fourth-order valence-corrected chi connectivity index (χ4v) is 1.39. The molecule has 0 unspecified atom stereocenters. The van der Waals surface area contributed by atoms with Crippen molar-refractivity contribution in [3.8, 4) is 11.5 Å². The van der Waals surface area contributed by atoms with E-state index in [1.807, 2.05) is 7.05 Å². The highest BCUT2D eigenvalue weighted by Crippen LogP contribution is 2.17. The van der Waals surface area contributed by atoms with Gasteiger partial charge in [-0.05, 0) is 19.2 Å². The molecule has 0 radical (unpaired) electrons. The van der Waals surface area contributed by atoms with Crippen molar-refractivity contribution in [1.29, 1.82) is 0 Å². The summed E-state index contributed by atoms with van der Waals surface area (Å²) in [4.78, 5) is 11.7. The summed E-state index contributed by atoms with van der Waals surface area (Å²) in [7, 11) is 1.83. The molecule has 0 aliphatic heterocycles. The van der Waals surface area contributed by atoms with E-state index in [1.165, 1.54) is 0 Å². The molecule has 98 valence electrons. The fraction of sp³-hybridized carbons (Fsp3) is 0.273. The highest BCUT2D eigenvalue weighted by molar-refractivity contribution is 5.93. The number of furan rings is 1. The Hall–Kier alpha value is -1.79. The molecule has 3 N–H and O–H groups in total. The minimum atomic E-state index is -0.200. The number of H-pyrrole nitrogens is 1. The Balaban J connectivity index is 0.00000162. The lowest BCUT2D eigenvalue weighted by atomic mass is 10.3. The second-order valence-corrected chi connectivity index (χ2v) is 3.50. The predicted octanol–water partition coefficient (Wildman–Crippen LogP) is 1.04. The molecule has 2 heterocycles. The Bertz CT molecular complexity index is 481. The van der Waals surface area contributed by atoms with Crippen molar-refractivity contribution in [2.45, 2.75) is 0 Å². The van der Waals surface area contributed by atoms with E-state index in [0.29, 0.717) is 23.7 Å². The highest BCUT2D eigenvalue weighted by Gasteiger charge is 2.11. The van der Waals surface area contributed by atoms with Gasteiger partial charge in [0.2, 0.25) is 0 Å². The molecule has 0 spiro atoms.